The van der Waals surface area contributed by atoms with Gasteiger partial charge in [0.1, 0.15) is 6.54 Å². The Morgan fingerprint density at radius 2 is 2.00 bits per heavy atom. The van der Waals surface area contributed by atoms with Gasteiger partial charge in [-0.2, -0.15) is 0 Å². The zero-order valence-corrected chi connectivity index (χ0v) is 20.4. The summed E-state index contributed by atoms with van der Waals surface area (Å²) in [6.07, 6.45) is 0.773. The normalized spacial score (nSPS) is 14.8. The van der Waals surface area contributed by atoms with Gasteiger partial charge in [-0.05, 0) is 37.1 Å². The highest BCUT2D eigenvalue weighted by molar-refractivity contribution is 7.23. The number of hydrogen-bond acceptors (Lipinski definition) is 7. The summed E-state index contributed by atoms with van der Waals surface area (Å²) in [6.45, 7) is 6.42. The average molecular weight is 501 g/mol. The lowest BCUT2D eigenvalue weighted by atomic mass is 10.2. The smallest absolute Gasteiger partial charge is 0.408 e. The molecule has 4 aromatic rings. The Kier molecular flexibility index (Phi) is 6.69. The van der Waals surface area contributed by atoms with Gasteiger partial charge in [0.25, 0.3) is 0 Å². The molecule has 2 aromatic carbocycles. The molecule has 8 nitrogen and oxygen atoms in total. The minimum absolute atomic E-state index is 0.129. The Bertz CT molecular complexity index is 1350. The van der Waals surface area contributed by atoms with Crippen LogP contribution in [0.3, 0.4) is 0 Å². The summed E-state index contributed by atoms with van der Waals surface area (Å²) in [6, 6.07) is 10.9. The molecule has 0 bridgehead atoms. The molecule has 1 saturated heterocycles. The molecule has 1 aliphatic rings. The van der Waals surface area contributed by atoms with Crippen LogP contribution in [0.1, 0.15) is 12.0 Å². The number of morpholine rings is 1. The Morgan fingerprint density at radius 1 is 1.21 bits per heavy atom. The van der Waals surface area contributed by atoms with E-state index in [0.29, 0.717) is 27.8 Å². The quantitative estimate of drug-likeness (QED) is 0.382. The van der Waals surface area contributed by atoms with E-state index in [1.54, 1.807) is 23.1 Å². The lowest BCUT2D eigenvalue weighted by Crippen LogP contribution is -2.40. The second-order valence-electron chi connectivity index (χ2n) is 8.31. The number of benzene rings is 2. The van der Waals surface area contributed by atoms with Crippen LogP contribution in [-0.4, -0.2) is 59.8 Å². The molecule has 1 amide bonds. The highest BCUT2D eigenvalue weighted by Gasteiger charge is 2.24. The Hall–Kier alpha value is -2.72. The van der Waals surface area contributed by atoms with Gasteiger partial charge < -0.3 is 9.15 Å². The minimum atomic E-state index is -0.550. The number of aromatic nitrogens is 2. The van der Waals surface area contributed by atoms with Crippen LogP contribution in [0.15, 0.2) is 45.6 Å². The van der Waals surface area contributed by atoms with E-state index in [4.69, 9.17) is 25.7 Å². The number of nitrogens with zero attached hydrogens (tertiary/aromatic N) is 4. The van der Waals surface area contributed by atoms with E-state index in [1.807, 2.05) is 25.1 Å². The number of anilines is 1. The first-order valence-corrected chi connectivity index (χ1v) is 12.4. The lowest BCUT2D eigenvalue weighted by molar-refractivity contribution is -0.119. The third-order valence-corrected chi connectivity index (χ3v) is 7.58. The fraction of sp³-hybridized carbons (Fsp3) is 0.375. The van der Waals surface area contributed by atoms with Crippen molar-refractivity contribution in [1.82, 2.24) is 14.5 Å². The summed E-state index contributed by atoms with van der Waals surface area (Å²) in [5.74, 6) is -0.769. The molecule has 0 N–H and O–H groups in total. The van der Waals surface area contributed by atoms with Crippen LogP contribution < -0.4 is 10.7 Å². The number of para-hydroxylation sites is 2. The van der Waals surface area contributed by atoms with Gasteiger partial charge in [-0.3, -0.25) is 19.2 Å². The van der Waals surface area contributed by atoms with Gasteiger partial charge in [-0.1, -0.05) is 41.1 Å². The topological polar surface area (TPSA) is 80.8 Å². The van der Waals surface area contributed by atoms with E-state index in [2.05, 4.69) is 4.90 Å². The van der Waals surface area contributed by atoms with Gasteiger partial charge in [0.05, 0.1) is 34.0 Å². The van der Waals surface area contributed by atoms with Crippen molar-refractivity contribution >= 4 is 55.3 Å². The maximum absolute atomic E-state index is 13.6. The molecule has 0 spiro atoms. The highest BCUT2D eigenvalue weighted by atomic mass is 35.5. The van der Waals surface area contributed by atoms with Gasteiger partial charge in [0.15, 0.2) is 10.7 Å². The summed E-state index contributed by atoms with van der Waals surface area (Å²) in [5.41, 5.74) is 2.85. The van der Waals surface area contributed by atoms with E-state index < -0.39 is 5.76 Å². The Labute approximate surface area is 205 Å². The van der Waals surface area contributed by atoms with Crippen molar-refractivity contribution in [1.29, 1.82) is 0 Å². The average Bonchev–Trinajstić information content (AvgIpc) is 3.42. The van der Waals surface area contributed by atoms with Crippen molar-refractivity contribution in [2.24, 2.45) is 0 Å². The molecule has 5 rings (SSSR count). The number of rotatable bonds is 7. The number of aryl methyl sites for hydroxylation is 1. The molecule has 0 saturated carbocycles. The number of thiazole rings is 1. The zero-order chi connectivity index (χ0) is 23.7. The number of carbonyl (C=O) groups excluding carboxylic acids is 1. The molecule has 2 aromatic heterocycles. The van der Waals surface area contributed by atoms with Crippen molar-refractivity contribution in [3.8, 4) is 0 Å². The van der Waals surface area contributed by atoms with Crippen LogP contribution in [0.25, 0.3) is 21.3 Å². The van der Waals surface area contributed by atoms with Crippen LogP contribution in [-0.2, 0) is 16.1 Å². The SMILES string of the molecule is Cc1ccc(Cl)c2sc(N(CCCN3CCOCC3)C(=O)Cn3c(=O)oc4ccccc43)nc12. The van der Waals surface area contributed by atoms with E-state index in [9.17, 15) is 9.59 Å². The fourth-order valence-electron chi connectivity index (χ4n) is 4.19. The molecule has 34 heavy (non-hydrogen) atoms. The van der Waals surface area contributed by atoms with E-state index in [-0.39, 0.29) is 12.5 Å². The summed E-state index contributed by atoms with van der Waals surface area (Å²) in [4.78, 5) is 34.8. The minimum Gasteiger partial charge on any atom is -0.408 e. The third-order valence-electron chi connectivity index (χ3n) is 6.04. The molecule has 0 atom stereocenters. The van der Waals surface area contributed by atoms with Crippen LogP contribution in [0.2, 0.25) is 5.02 Å². The van der Waals surface area contributed by atoms with Crippen LogP contribution in [0, 0.1) is 6.92 Å². The summed E-state index contributed by atoms with van der Waals surface area (Å²) < 4.78 is 13.0. The van der Waals surface area contributed by atoms with Crippen LogP contribution in [0.5, 0.6) is 0 Å². The van der Waals surface area contributed by atoms with Crippen LogP contribution in [0.4, 0.5) is 5.13 Å². The van der Waals surface area contributed by atoms with Crippen molar-refractivity contribution in [2.45, 2.75) is 19.9 Å². The first-order chi connectivity index (χ1) is 16.5. The zero-order valence-electron chi connectivity index (χ0n) is 18.8. The maximum atomic E-state index is 13.6. The Balaban J connectivity index is 1.43. The van der Waals surface area contributed by atoms with Gasteiger partial charge in [-0.25, -0.2) is 9.78 Å². The van der Waals surface area contributed by atoms with Gasteiger partial charge in [0, 0.05) is 26.2 Å². The van der Waals surface area contributed by atoms with E-state index in [1.165, 1.54) is 15.9 Å². The maximum Gasteiger partial charge on any atom is 0.420 e. The Morgan fingerprint density at radius 3 is 2.79 bits per heavy atom. The van der Waals surface area contributed by atoms with Gasteiger partial charge in [-0.15, -0.1) is 0 Å². The highest BCUT2D eigenvalue weighted by Crippen LogP contribution is 2.36. The second kappa shape index (κ2) is 9.87. The lowest BCUT2D eigenvalue weighted by Gasteiger charge is -2.27. The first-order valence-electron chi connectivity index (χ1n) is 11.3. The van der Waals surface area contributed by atoms with Crippen molar-refractivity contribution < 1.29 is 13.9 Å². The van der Waals surface area contributed by atoms with Crippen molar-refractivity contribution in [3.63, 3.8) is 0 Å². The predicted molar refractivity (Wildman–Crippen MR) is 134 cm³/mol. The van der Waals surface area contributed by atoms with Crippen molar-refractivity contribution in [2.75, 3.05) is 44.3 Å². The molecule has 3 heterocycles. The first kappa shape index (κ1) is 23.0. The number of fused-ring (bicyclic) bond motifs is 2. The summed E-state index contributed by atoms with van der Waals surface area (Å²) in [5, 5.41) is 1.20. The second-order valence-corrected chi connectivity index (χ2v) is 9.70. The molecule has 1 fully saturated rings. The molecule has 0 unspecified atom stereocenters. The molecule has 178 valence electrons. The van der Waals surface area contributed by atoms with Gasteiger partial charge in [0.2, 0.25) is 5.91 Å². The number of hydrogen-bond donors (Lipinski definition) is 0. The van der Waals surface area contributed by atoms with E-state index >= 15 is 0 Å². The number of amides is 1. The number of carbonyl (C=O) groups is 1. The summed E-state index contributed by atoms with van der Waals surface area (Å²) >= 11 is 7.82. The molecule has 10 heteroatoms. The molecule has 0 aliphatic carbocycles. The van der Waals surface area contributed by atoms with E-state index in [0.717, 1.165) is 55.0 Å². The number of ether oxygens (including phenoxy) is 1. The van der Waals surface area contributed by atoms with Crippen molar-refractivity contribution in [3.05, 3.63) is 57.5 Å². The summed E-state index contributed by atoms with van der Waals surface area (Å²) in [7, 11) is 0. The van der Waals surface area contributed by atoms with Crippen LogP contribution >= 0.6 is 22.9 Å². The standard InChI is InChI=1S/C24H25ClN4O4S/c1-16-7-8-17(25)22-21(16)26-23(34-22)28(10-4-9-27-11-13-32-14-12-27)20(30)15-29-18-5-2-3-6-19(18)33-24(29)31/h2-3,5-8H,4,9-15H2,1H3. The molecule has 0 radical (unpaired) electrons. The monoisotopic (exact) mass is 500 g/mol. The fourth-order valence-corrected chi connectivity index (χ4v) is 5.55. The largest absolute Gasteiger partial charge is 0.420 e. The molecular weight excluding hydrogens is 476 g/mol. The number of oxazole rings is 1. The third kappa shape index (κ3) is 4.61. The number of halogens is 1. The molecular formula is C24H25ClN4O4S. The van der Waals surface area contributed by atoms with Gasteiger partial charge >= 0.3 is 5.76 Å². The molecule has 1 aliphatic heterocycles. The predicted octanol–water partition coefficient (Wildman–Crippen LogP) is 3.92.